The van der Waals surface area contributed by atoms with Crippen molar-refractivity contribution in [2.45, 2.75) is 45.4 Å². The quantitative estimate of drug-likeness (QED) is 0.894. The first kappa shape index (κ1) is 13.4. The second kappa shape index (κ2) is 5.72. The number of nitrogens with zero attached hydrogens (tertiary/aromatic N) is 1. The molecule has 0 spiro atoms. The standard InChI is InChI=1S/C15H24N2O/c1-4-14-10-18-11(2)9-17(14)15-7-5-13(6-8-15)12(3)16/h5-8,11-12,14H,4,9-10,16H2,1-3H3/t11?,12-,14?/m1/s1. The molecule has 3 atom stereocenters. The highest BCUT2D eigenvalue weighted by Crippen LogP contribution is 2.24. The van der Waals surface area contributed by atoms with Gasteiger partial charge in [-0.25, -0.2) is 0 Å². The van der Waals surface area contributed by atoms with E-state index >= 15 is 0 Å². The zero-order valence-electron chi connectivity index (χ0n) is 11.6. The van der Waals surface area contributed by atoms with E-state index in [0.29, 0.717) is 12.1 Å². The molecule has 1 aromatic carbocycles. The lowest BCUT2D eigenvalue weighted by molar-refractivity contribution is 0.0299. The third-order valence-corrected chi connectivity index (χ3v) is 3.69. The molecule has 1 heterocycles. The van der Waals surface area contributed by atoms with Crippen LogP contribution in [-0.2, 0) is 4.74 Å². The van der Waals surface area contributed by atoms with Crippen molar-refractivity contribution >= 4 is 5.69 Å². The maximum atomic E-state index is 5.88. The second-order valence-electron chi connectivity index (χ2n) is 5.24. The second-order valence-corrected chi connectivity index (χ2v) is 5.24. The van der Waals surface area contributed by atoms with E-state index < -0.39 is 0 Å². The van der Waals surface area contributed by atoms with Crippen LogP contribution in [0.15, 0.2) is 24.3 Å². The number of hydrogen-bond donors (Lipinski definition) is 1. The molecule has 0 aromatic heterocycles. The molecule has 1 aliphatic rings. The average Bonchev–Trinajstić information content (AvgIpc) is 2.39. The van der Waals surface area contributed by atoms with E-state index in [9.17, 15) is 0 Å². The zero-order chi connectivity index (χ0) is 13.1. The van der Waals surface area contributed by atoms with Crippen molar-refractivity contribution in [3.05, 3.63) is 29.8 Å². The van der Waals surface area contributed by atoms with E-state index in [1.165, 1.54) is 11.3 Å². The van der Waals surface area contributed by atoms with Crippen molar-refractivity contribution in [1.82, 2.24) is 0 Å². The summed E-state index contributed by atoms with van der Waals surface area (Å²) in [7, 11) is 0. The molecule has 0 radical (unpaired) electrons. The minimum atomic E-state index is 0.102. The van der Waals surface area contributed by atoms with E-state index in [-0.39, 0.29) is 6.04 Å². The highest BCUT2D eigenvalue weighted by Gasteiger charge is 2.25. The fourth-order valence-corrected chi connectivity index (χ4v) is 2.47. The molecule has 1 aliphatic heterocycles. The average molecular weight is 248 g/mol. The fraction of sp³-hybridized carbons (Fsp3) is 0.600. The first-order valence-electron chi connectivity index (χ1n) is 6.85. The lowest BCUT2D eigenvalue weighted by Crippen LogP contribution is -2.48. The fourth-order valence-electron chi connectivity index (χ4n) is 2.47. The number of nitrogens with two attached hydrogens (primary N) is 1. The molecule has 2 unspecified atom stereocenters. The molecule has 0 bridgehead atoms. The molecule has 3 nitrogen and oxygen atoms in total. The minimum absolute atomic E-state index is 0.102. The van der Waals surface area contributed by atoms with Crippen molar-refractivity contribution in [2.24, 2.45) is 5.73 Å². The Morgan fingerprint density at radius 1 is 1.39 bits per heavy atom. The van der Waals surface area contributed by atoms with Crippen LogP contribution in [0.1, 0.15) is 38.8 Å². The Bertz CT molecular complexity index is 375. The van der Waals surface area contributed by atoms with Crippen LogP contribution in [0.5, 0.6) is 0 Å². The van der Waals surface area contributed by atoms with Gasteiger partial charge in [0, 0.05) is 18.3 Å². The largest absolute Gasteiger partial charge is 0.375 e. The first-order chi connectivity index (χ1) is 8.61. The van der Waals surface area contributed by atoms with Gasteiger partial charge in [0.1, 0.15) is 0 Å². The number of hydrogen-bond acceptors (Lipinski definition) is 3. The normalized spacial score (nSPS) is 26.1. The summed E-state index contributed by atoms with van der Waals surface area (Å²) < 4.78 is 5.73. The van der Waals surface area contributed by atoms with Crippen LogP contribution in [0.25, 0.3) is 0 Å². The molecule has 0 aliphatic carbocycles. The highest BCUT2D eigenvalue weighted by atomic mass is 16.5. The molecule has 2 rings (SSSR count). The Morgan fingerprint density at radius 3 is 2.61 bits per heavy atom. The molecular weight excluding hydrogens is 224 g/mol. The molecule has 2 N–H and O–H groups in total. The van der Waals surface area contributed by atoms with E-state index in [4.69, 9.17) is 10.5 Å². The maximum absolute atomic E-state index is 5.88. The van der Waals surface area contributed by atoms with E-state index in [0.717, 1.165) is 19.6 Å². The highest BCUT2D eigenvalue weighted by molar-refractivity contribution is 5.49. The summed E-state index contributed by atoms with van der Waals surface area (Å²) in [6, 6.07) is 9.21. The van der Waals surface area contributed by atoms with Crippen LogP contribution in [0, 0.1) is 0 Å². The van der Waals surface area contributed by atoms with Crippen LogP contribution in [0.3, 0.4) is 0 Å². The van der Waals surface area contributed by atoms with Gasteiger partial charge in [-0.15, -0.1) is 0 Å². The van der Waals surface area contributed by atoms with Gasteiger partial charge in [0.2, 0.25) is 0 Å². The van der Waals surface area contributed by atoms with Gasteiger partial charge < -0.3 is 15.4 Å². The van der Waals surface area contributed by atoms with Gasteiger partial charge in [-0.2, -0.15) is 0 Å². The van der Waals surface area contributed by atoms with Crippen LogP contribution in [0.4, 0.5) is 5.69 Å². The molecule has 0 amide bonds. The van der Waals surface area contributed by atoms with Crippen molar-refractivity contribution in [2.75, 3.05) is 18.1 Å². The SMILES string of the molecule is CCC1COC(C)CN1c1ccc([C@@H](C)N)cc1. The molecule has 100 valence electrons. The van der Waals surface area contributed by atoms with Crippen molar-refractivity contribution in [3.8, 4) is 0 Å². The third kappa shape index (κ3) is 2.85. The Kier molecular flexibility index (Phi) is 4.25. The van der Waals surface area contributed by atoms with Gasteiger partial charge in [-0.05, 0) is 38.0 Å². The van der Waals surface area contributed by atoms with Crippen LogP contribution in [-0.4, -0.2) is 25.3 Å². The molecule has 3 heteroatoms. The Hall–Kier alpha value is -1.06. The van der Waals surface area contributed by atoms with E-state index in [2.05, 4.69) is 43.0 Å². The Morgan fingerprint density at radius 2 is 2.06 bits per heavy atom. The predicted molar refractivity (Wildman–Crippen MR) is 75.9 cm³/mol. The first-order valence-corrected chi connectivity index (χ1v) is 6.85. The smallest absolute Gasteiger partial charge is 0.0723 e. The van der Waals surface area contributed by atoms with Gasteiger partial charge in [0.05, 0.1) is 18.8 Å². The Labute approximate surface area is 110 Å². The monoisotopic (exact) mass is 248 g/mol. The number of anilines is 1. The summed E-state index contributed by atoms with van der Waals surface area (Å²) in [6.45, 7) is 8.16. The van der Waals surface area contributed by atoms with Gasteiger partial charge in [-0.3, -0.25) is 0 Å². The molecule has 18 heavy (non-hydrogen) atoms. The molecule has 1 fully saturated rings. The molecule has 0 saturated carbocycles. The van der Waals surface area contributed by atoms with Crippen LogP contribution >= 0.6 is 0 Å². The minimum Gasteiger partial charge on any atom is -0.375 e. The number of benzene rings is 1. The van der Waals surface area contributed by atoms with E-state index in [1.807, 2.05) is 6.92 Å². The van der Waals surface area contributed by atoms with Crippen LogP contribution < -0.4 is 10.6 Å². The van der Waals surface area contributed by atoms with E-state index in [1.54, 1.807) is 0 Å². The molecular formula is C15H24N2O. The van der Waals surface area contributed by atoms with Crippen LogP contribution in [0.2, 0.25) is 0 Å². The van der Waals surface area contributed by atoms with Crippen molar-refractivity contribution < 1.29 is 4.74 Å². The lowest BCUT2D eigenvalue weighted by atomic mass is 10.1. The maximum Gasteiger partial charge on any atom is 0.0723 e. The summed E-state index contributed by atoms with van der Waals surface area (Å²) >= 11 is 0. The summed E-state index contributed by atoms with van der Waals surface area (Å²) in [5.74, 6) is 0. The van der Waals surface area contributed by atoms with Gasteiger partial charge in [0.25, 0.3) is 0 Å². The topological polar surface area (TPSA) is 38.5 Å². The van der Waals surface area contributed by atoms with Gasteiger partial charge in [0.15, 0.2) is 0 Å². The van der Waals surface area contributed by atoms with Gasteiger partial charge in [-0.1, -0.05) is 19.1 Å². The predicted octanol–water partition coefficient (Wildman–Crippen LogP) is 2.71. The Balaban J connectivity index is 2.17. The number of rotatable bonds is 3. The number of ether oxygens (including phenoxy) is 1. The summed E-state index contributed by atoms with van der Waals surface area (Å²) in [5.41, 5.74) is 8.35. The molecule has 1 aromatic rings. The molecule has 1 saturated heterocycles. The summed E-state index contributed by atoms with van der Waals surface area (Å²) in [5, 5.41) is 0. The van der Waals surface area contributed by atoms with Crippen molar-refractivity contribution in [3.63, 3.8) is 0 Å². The zero-order valence-corrected chi connectivity index (χ0v) is 11.6. The number of morpholine rings is 1. The summed E-state index contributed by atoms with van der Waals surface area (Å²) in [4.78, 5) is 2.46. The lowest BCUT2D eigenvalue weighted by Gasteiger charge is -2.40. The van der Waals surface area contributed by atoms with Crippen molar-refractivity contribution in [1.29, 1.82) is 0 Å². The third-order valence-electron chi connectivity index (χ3n) is 3.69. The van der Waals surface area contributed by atoms with Gasteiger partial charge >= 0.3 is 0 Å². The summed E-state index contributed by atoms with van der Waals surface area (Å²) in [6.07, 6.45) is 1.42.